The number of halogens is 6. The van der Waals surface area contributed by atoms with Crippen LogP contribution in [0.15, 0.2) is 36.4 Å². The first-order valence-corrected chi connectivity index (χ1v) is 7.34. The van der Waals surface area contributed by atoms with Gasteiger partial charge in [-0.15, -0.1) is 0 Å². The molecule has 28 heavy (non-hydrogen) atoms. The molecule has 2 amide bonds. The molecule has 0 fully saturated rings. The van der Waals surface area contributed by atoms with Gasteiger partial charge >= 0.3 is 12.4 Å². The fourth-order valence-corrected chi connectivity index (χ4v) is 2.22. The molecular formula is C18H10F6N2O2. The Morgan fingerprint density at radius 3 is 1.86 bits per heavy atom. The maximum atomic E-state index is 12.9. The van der Waals surface area contributed by atoms with Crippen LogP contribution in [0.1, 0.15) is 43.0 Å². The average Bonchev–Trinajstić information content (AvgIpc) is 2.57. The van der Waals surface area contributed by atoms with E-state index in [0.29, 0.717) is 18.2 Å². The molecule has 0 aliphatic heterocycles. The van der Waals surface area contributed by atoms with Crippen LogP contribution in [-0.4, -0.2) is 11.8 Å². The van der Waals surface area contributed by atoms with E-state index < -0.39 is 46.4 Å². The lowest BCUT2D eigenvalue weighted by molar-refractivity contribution is -0.138. The van der Waals surface area contributed by atoms with Gasteiger partial charge in [0.2, 0.25) is 11.8 Å². The smallest absolute Gasteiger partial charge is 0.366 e. The zero-order chi connectivity index (χ0) is 21.3. The lowest BCUT2D eigenvalue weighted by Crippen LogP contribution is -2.18. The molecule has 0 aliphatic carbocycles. The number of rotatable bonds is 2. The number of nitrogens with two attached hydrogens (primary N) is 2. The van der Waals surface area contributed by atoms with Gasteiger partial charge in [0.1, 0.15) is 0 Å². The summed E-state index contributed by atoms with van der Waals surface area (Å²) in [6, 6.07) is 4.51. The van der Waals surface area contributed by atoms with Crippen LogP contribution >= 0.6 is 0 Å². The summed E-state index contributed by atoms with van der Waals surface area (Å²) in [5, 5.41) is 0. The summed E-state index contributed by atoms with van der Waals surface area (Å²) in [5.41, 5.74) is 5.90. The van der Waals surface area contributed by atoms with Crippen molar-refractivity contribution in [3.8, 4) is 11.8 Å². The third-order valence-electron chi connectivity index (χ3n) is 3.49. The van der Waals surface area contributed by atoms with Crippen LogP contribution in [0.2, 0.25) is 0 Å². The first-order valence-electron chi connectivity index (χ1n) is 7.34. The number of amides is 2. The predicted octanol–water partition coefficient (Wildman–Crippen LogP) is 3.32. The molecule has 0 heterocycles. The normalized spacial score (nSPS) is 11.5. The molecule has 2 aromatic carbocycles. The van der Waals surface area contributed by atoms with Gasteiger partial charge in [0.15, 0.2) is 0 Å². The van der Waals surface area contributed by atoms with E-state index in [-0.39, 0.29) is 11.1 Å². The van der Waals surface area contributed by atoms with Crippen molar-refractivity contribution < 1.29 is 35.9 Å². The van der Waals surface area contributed by atoms with Crippen LogP contribution in [0, 0.1) is 11.8 Å². The quantitative estimate of drug-likeness (QED) is 0.599. The Kier molecular flexibility index (Phi) is 5.40. The lowest BCUT2D eigenvalue weighted by Gasteiger charge is -2.10. The van der Waals surface area contributed by atoms with Crippen molar-refractivity contribution in [2.75, 3.05) is 0 Å². The zero-order valence-corrected chi connectivity index (χ0v) is 13.7. The summed E-state index contributed by atoms with van der Waals surface area (Å²) in [7, 11) is 0. The molecule has 2 aromatic rings. The van der Waals surface area contributed by atoms with Gasteiger partial charge in [0, 0.05) is 16.7 Å². The Bertz CT molecular complexity index is 1010. The molecule has 2 rings (SSSR count). The molecule has 0 radical (unpaired) electrons. The second-order valence-corrected chi connectivity index (χ2v) is 5.53. The Hall–Kier alpha value is -3.48. The molecule has 0 aliphatic rings. The van der Waals surface area contributed by atoms with Gasteiger partial charge in [-0.2, -0.15) is 26.3 Å². The number of carbonyl (C=O) groups is 2. The van der Waals surface area contributed by atoms with Crippen molar-refractivity contribution in [1.82, 2.24) is 0 Å². The summed E-state index contributed by atoms with van der Waals surface area (Å²) in [6.07, 6.45) is -9.59. The predicted molar refractivity (Wildman–Crippen MR) is 85.9 cm³/mol. The summed E-state index contributed by atoms with van der Waals surface area (Å²) in [6.45, 7) is 0. The first-order chi connectivity index (χ1) is 12.8. The Labute approximate surface area is 154 Å². The minimum absolute atomic E-state index is 0.0974. The fraction of sp³-hybridized carbons (Fsp3) is 0.111. The highest BCUT2D eigenvalue weighted by Gasteiger charge is 2.34. The van der Waals surface area contributed by atoms with E-state index in [2.05, 4.69) is 11.8 Å². The fourth-order valence-electron chi connectivity index (χ4n) is 2.22. The van der Waals surface area contributed by atoms with E-state index in [1.807, 2.05) is 0 Å². The van der Waals surface area contributed by atoms with E-state index in [9.17, 15) is 35.9 Å². The molecule has 4 N–H and O–H groups in total. The van der Waals surface area contributed by atoms with Crippen LogP contribution in [0.4, 0.5) is 26.3 Å². The van der Waals surface area contributed by atoms with Gasteiger partial charge in [0.05, 0.1) is 16.7 Å². The van der Waals surface area contributed by atoms with E-state index >= 15 is 0 Å². The highest BCUT2D eigenvalue weighted by atomic mass is 19.4. The molecular weight excluding hydrogens is 390 g/mol. The minimum Gasteiger partial charge on any atom is -0.366 e. The van der Waals surface area contributed by atoms with Crippen molar-refractivity contribution in [3.63, 3.8) is 0 Å². The summed E-state index contributed by atoms with van der Waals surface area (Å²) >= 11 is 0. The molecule has 4 nitrogen and oxygen atoms in total. The van der Waals surface area contributed by atoms with Gasteiger partial charge in [-0.05, 0) is 36.4 Å². The molecule has 0 spiro atoms. The number of benzene rings is 2. The van der Waals surface area contributed by atoms with E-state index in [1.165, 1.54) is 0 Å². The topological polar surface area (TPSA) is 86.2 Å². The lowest BCUT2D eigenvalue weighted by atomic mass is 10.0. The van der Waals surface area contributed by atoms with Crippen molar-refractivity contribution in [2.24, 2.45) is 11.5 Å². The maximum Gasteiger partial charge on any atom is 0.417 e. The summed E-state index contributed by atoms with van der Waals surface area (Å²) in [5.74, 6) is 2.18. The number of hydrogen-bond acceptors (Lipinski definition) is 2. The van der Waals surface area contributed by atoms with Crippen molar-refractivity contribution in [2.45, 2.75) is 12.4 Å². The Morgan fingerprint density at radius 2 is 1.36 bits per heavy atom. The van der Waals surface area contributed by atoms with Crippen LogP contribution in [0.25, 0.3) is 0 Å². The highest BCUT2D eigenvalue weighted by molar-refractivity contribution is 5.95. The van der Waals surface area contributed by atoms with E-state index in [4.69, 9.17) is 11.5 Å². The number of hydrogen-bond donors (Lipinski definition) is 2. The molecule has 10 heteroatoms. The molecule has 0 aromatic heterocycles. The first kappa shape index (κ1) is 20.8. The zero-order valence-electron chi connectivity index (χ0n) is 13.7. The van der Waals surface area contributed by atoms with Crippen molar-refractivity contribution >= 4 is 11.8 Å². The summed E-state index contributed by atoms with van der Waals surface area (Å²) < 4.78 is 77.4. The molecule has 0 atom stereocenters. The van der Waals surface area contributed by atoms with E-state index in [0.717, 1.165) is 18.2 Å². The monoisotopic (exact) mass is 400 g/mol. The van der Waals surface area contributed by atoms with Gasteiger partial charge < -0.3 is 11.5 Å². The average molecular weight is 400 g/mol. The van der Waals surface area contributed by atoms with Crippen LogP contribution < -0.4 is 11.5 Å². The number of primary amides is 2. The van der Waals surface area contributed by atoms with Gasteiger partial charge in [-0.25, -0.2) is 0 Å². The molecule has 0 saturated heterocycles. The van der Waals surface area contributed by atoms with E-state index in [1.54, 1.807) is 0 Å². The second kappa shape index (κ2) is 7.26. The third kappa shape index (κ3) is 4.82. The van der Waals surface area contributed by atoms with Crippen LogP contribution in [-0.2, 0) is 12.4 Å². The van der Waals surface area contributed by atoms with Gasteiger partial charge in [0.25, 0.3) is 0 Å². The van der Waals surface area contributed by atoms with Crippen LogP contribution in [0.5, 0.6) is 0 Å². The molecule has 0 bridgehead atoms. The van der Waals surface area contributed by atoms with Gasteiger partial charge in [-0.1, -0.05) is 11.8 Å². The summed E-state index contributed by atoms with van der Waals surface area (Å²) in [4.78, 5) is 22.5. The molecule has 0 unspecified atom stereocenters. The maximum absolute atomic E-state index is 12.9. The van der Waals surface area contributed by atoms with Gasteiger partial charge in [-0.3, -0.25) is 9.59 Å². The minimum atomic E-state index is -4.83. The molecule has 0 saturated carbocycles. The number of carbonyl (C=O) groups excluding carboxylic acids is 2. The second-order valence-electron chi connectivity index (χ2n) is 5.53. The highest BCUT2D eigenvalue weighted by Crippen LogP contribution is 2.32. The number of alkyl halides is 6. The van der Waals surface area contributed by atoms with Crippen molar-refractivity contribution in [3.05, 3.63) is 69.8 Å². The van der Waals surface area contributed by atoms with Crippen LogP contribution in [0.3, 0.4) is 0 Å². The third-order valence-corrected chi connectivity index (χ3v) is 3.49. The Morgan fingerprint density at radius 1 is 0.750 bits per heavy atom. The van der Waals surface area contributed by atoms with Crippen molar-refractivity contribution in [1.29, 1.82) is 0 Å². The molecule has 146 valence electrons. The Balaban J connectivity index is 2.54. The SMILES string of the molecule is NC(=O)c1cc(C#Cc2ccc(C(F)(F)F)c(C(N)=O)c2)cc(C(F)(F)F)c1. The largest absolute Gasteiger partial charge is 0.417 e. The standard InChI is InChI=1S/C18H10F6N2O2/c19-17(20,21)12-6-10(5-11(8-12)15(25)27)2-1-9-3-4-14(18(22,23)24)13(7-9)16(26)28/h3-8H,(H2,25,27)(H2,26,28).